The highest BCUT2D eigenvalue weighted by Crippen LogP contribution is 2.28. The largest absolute Gasteiger partial charge is 0.467 e. The highest BCUT2D eigenvalue weighted by Gasteiger charge is 2.23. The smallest absolute Gasteiger partial charge is 0.228 e. The van der Waals surface area contributed by atoms with Crippen molar-refractivity contribution in [2.75, 3.05) is 18.0 Å². The Morgan fingerprint density at radius 3 is 2.81 bits per heavy atom. The van der Waals surface area contributed by atoms with Crippen LogP contribution in [0.4, 0.5) is 5.95 Å². The van der Waals surface area contributed by atoms with E-state index in [9.17, 15) is 0 Å². The number of hydrogen-bond acceptors (Lipinski definition) is 7. The molecule has 1 aliphatic rings. The molecule has 0 aliphatic carbocycles. The second-order valence-corrected chi connectivity index (χ2v) is 7.78. The Morgan fingerprint density at radius 1 is 1.27 bits per heavy atom. The summed E-state index contributed by atoms with van der Waals surface area (Å²) in [6.07, 6.45) is 4.08. The number of rotatable bonds is 6. The number of aromatic nitrogens is 4. The molecule has 1 fully saturated rings. The molecule has 0 saturated carbocycles. The Kier molecular flexibility index (Phi) is 5.01. The van der Waals surface area contributed by atoms with Crippen LogP contribution in [0.3, 0.4) is 0 Å². The van der Waals surface area contributed by atoms with Crippen LogP contribution in [0.5, 0.6) is 0 Å². The molecule has 138 valence electrons. The van der Waals surface area contributed by atoms with Gasteiger partial charge in [0.15, 0.2) is 5.16 Å². The normalized spacial score (nSPS) is 15.7. The van der Waals surface area contributed by atoms with Crippen molar-refractivity contribution < 1.29 is 8.94 Å². The Morgan fingerprint density at radius 2 is 2.12 bits per heavy atom. The Balaban J connectivity index is 1.56. The fourth-order valence-corrected chi connectivity index (χ4v) is 3.97. The van der Waals surface area contributed by atoms with Crippen LogP contribution in [0.15, 0.2) is 38.6 Å². The predicted octanol–water partition coefficient (Wildman–Crippen LogP) is 3.74. The zero-order valence-electron chi connectivity index (χ0n) is 15.1. The first-order valence-corrected chi connectivity index (χ1v) is 9.93. The summed E-state index contributed by atoms with van der Waals surface area (Å²) in [5.74, 6) is 4.12. The van der Waals surface area contributed by atoms with Gasteiger partial charge < -0.3 is 13.8 Å². The van der Waals surface area contributed by atoms with E-state index in [1.165, 1.54) is 12.8 Å². The molecule has 3 aromatic heterocycles. The van der Waals surface area contributed by atoms with Crippen molar-refractivity contribution >= 4 is 17.7 Å². The van der Waals surface area contributed by atoms with E-state index in [-0.39, 0.29) is 0 Å². The molecule has 8 heteroatoms. The van der Waals surface area contributed by atoms with Crippen molar-refractivity contribution in [2.24, 2.45) is 5.92 Å². The first kappa shape index (κ1) is 17.2. The lowest BCUT2D eigenvalue weighted by Crippen LogP contribution is -2.35. The average Bonchev–Trinajstić information content (AvgIpc) is 3.37. The number of furan rings is 1. The van der Waals surface area contributed by atoms with Gasteiger partial charge in [-0.25, -0.2) is 0 Å². The number of hydrogen-bond donors (Lipinski definition) is 0. The minimum absolute atomic E-state index is 0.627. The fourth-order valence-electron chi connectivity index (χ4n) is 3.15. The first-order valence-electron chi connectivity index (χ1n) is 8.94. The lowest BCUT2D eigenvalue weighted by Gasteiger charge is -2.31. The monoisotopic (exact) mass is 373 g/mol. The summed E-state index contributed by atoms with van der Waals surface area (Å²) in [5.41, 5.74) is 0.911. The van der Waals surface area contributed by atoms with Gasteiger partial charge in [-0.1, -0.05) is 23.8 Å². The van der Waals surface area contributed by atoms with Crippen LogP contribution >= 0.6 is 11.8 Å². The topological polar surface area (TPSA) is 73.1 Å². The van der Waals surface area contributed by atoms with E-state index >= 15 is 0 Å². The summed E-state index contributed by atoms with van der Waals surface area (Å²) >= 11 is 1.62. The molecule has 3 aromatic rings. The lowest BCUT2D eigenvalue weighted by molar-refractivity contribution is 0.393. The van der Waals surface area contributed by atoms with E-state index in [2.05, 4.69) is 31.7 Å². The van der Waals surface area contributed by atoms with E-state index in [1.54, 1.807) is 18.0 Å². The minimum atomic E-state index is 0.627. The second-order valence-electron chi connectivity index (χ2n) is 6.84. The summed E-state index contributed by atoms with van der Waals surface area (Å²) in [5, 5.41) is 13.9. The Bertz CT molecular complexity index is 834. The number of piperidine rings is 1. The average molecular weight is 373 g/mol. The summed E-state index contributed by atoms with van der Waals surface area (Å²) in [7, 11) is 0. The van der Waals surface area contributed by atoms with Gasteiger partial charge in [0.05, 0.1) is 18.5 Å². The van der Waals surface area contributed by atoms with E-state index < -0.39 is 0 Å². The van der Waals surface area contributed by atoms with Crippen LogP contribution in [0.2, 0.25) is 0 Å². The van der Waals surface area contributed by atoms with E-state index in [0.717, 1.165) is 47.3 Å². The fraction of sp³-hybridized carbons (Fsp3) is 0.500. The zero-order chi connectivity index (χ0) is 17.9. The Labute approximate surface area is 156 Å². The molecular formula is C18H23N5O2S. The van der Waals surface area contributed by atoms with Gasteiger partial charge in [-0.3, -0.25) is 4.57 Å². The second kappa shape index (κ2) is 7.57. The van der Waals surface area contributed by atoms with E-state index in [0.29, 0.717) is 12.3 Å². The van der Waals surface area contributed by atoms with Crippen LogP contribution in [-0.4, -0.2) is 33.0 Å². The molecule has 7 nitrogen and oxygen atoms in total. The molecule has 0 aromatic carbocycles. The van der Waals surface area contributed by atoms with Crippen molar-refractivity contribution in [3.05, 3.63) is 41.7 Å². The van der Waals surface area contributed by atoms with Crippen molar-refractivity contribution in [1.29, 1.82) is 0 Å². The van der Waals surface area contributed by atoms with Gasteiger partial charge in [0.2, 0.25) is 5.95 Å². The van der Waals surface area contributed by atoms with E-state index in [4.69, 9.17) is 8.94 Å². The van der Waals surface area contributed by atoms with Gasteiger partial charge in [-0.05, 0) is 37.8 Å². The maximum Gasteiger partial charge on any atom is 0.228 e. The molecule has 4 rings (SSSR count). The van der Waals surface area contributed by atoms with Crippen molar-refractivity contribution in [2.45, 2.75) is 44.1 Å². The maximum absolute atomic E-state index is 5.56. The Hall–Kier alpha value is -2.22. The molecular weight excluding hydrogens is 350 g/mol. The van der Waals surface area contributed by atoms with Crippen LogP contribution in [-0.2, 0) is 12.3 Å². The summed E-state index contributed by atoms with van der Waals surface area (Å²) < 4.78 is 12.9. The lowest BCUT2D eigenvalue weighted by atomic mass is 10.00. The number of aryl methyl sites for hydroxylation is 1. The van der Waals surface area contributed by atoms with Crippen molar-refractivity contribution in [1.82, 2.24) is 19.9 Å². The van der Waals surface area contributed by atoms with Gasteiger partial charge >= 0.3 is 0 Å². The third-order valence-corrected chi connectivity index (χ3v) is 5.68. The number of anilines is 1. The third-order valence-electron chi connectivity index (χ3n) is 4.68. The standard InChI is InChI=1S/C18H23N5O2S/c1-13-5-7-22(8-6-13)17-19-20-18(23(17)11-16-4-3-9-24-16)26-12-15-10-14(2)25-21-15/h3-4,9-10,13H,5-8,11-12H2,1-2H3. The third kappa shape index (κ3) is 3.80. The highest BCUT2D eigenvalue weighted by atomic mass is 32.2. The van der Waals surface area contributed by atoms with E-state index in [1.807, 2.05) is 25.1 Å². The van der Waals surface area contributed by atoms with Crippen LogP contribution in [0.1, 0.15) is 37.0 Å². The SMILES string of the molecule is Cc1cc(CSc2nnc(N3CCC(C)CC3)n2Cc2ccco2)no1. The molecule has 1 saturated heterocycles. The first-order chi connectivity index (χ1) is 12.7. The van der Waals surface area contributed by atoms with Crippen LogP contribution in [0.25, 0.3) is 0 Å². The van der Waals surface area contributed by atoms with Gasteiger partial charge in [-0.15, -0.1) is 10.2 Å². The molecule has 1 aliphatic heterocycles. The molecule has 0 atom stereocenters. The molecule has 0 unspecified atom stereocenters. The van der Waals surface area contributed by atoms with Gasteiger partial charge in [0.25, 0.3) is 0 Å². The summed E-state index contributed by atoms with van der Waals surface area (Å²) in [4.78, 5) is 2.33. The predicted molar refractivity (Wildman–Crippen MR) is 99.2 cm³/mol. The molecule has 4 heterocycles. The molecule has 0 spiro atoms. The minimum Gasteiger partial charge on any atom is -0.467 e. The van der Waals surface area contributed by atoms with Crippen molar-refractivity contribution in [3.63, 3.8) is 0 Å². The number of nitrogens with zero attached hydrogens (tertiary/aromatic N) is 5. The highest BCUT2D eigenvalue weighted by molar-refractivity contribution is 7.98. The number of thioether (sulfide) groups is 1. The summed E-state index contributed by atoms with van der Waals surface area (Å²) in [6, 6.07) is 5.84. The molecule has 0 N–H and O–H groups in total. The zero-order valence-corrected chi connectivity index (χ0v) is 15.9. The van der Waals surface area contributed by atoms with Gasteiger partial charge in [0.1, 0.15) is 11.5 Å². The quantitative estimate of drug-likeness (QED) is 0.609. The van der Waals surface area contributed by atoms with Crippen molar-refractivity contribution in [3.8, 4) is 0 Å². The molecule has 0 bridgehead atoms. The molecule has 0 amide bonds. The van der Waals surface area contributed by atoms with Crippen LogP contribution in [0, 0.1) is 12.8 Å². The summed E-state index contributed by atoms with van der Waals surface area (Å²) in [6.45, 7) is 6.87. The van der Waals surface area contributed by atoms with Gasteiger partial charge in [-0.2, -0.15) is 0 Å². The van der Waals surface area contributed by atoms with Crippen LogP contribution < -0.4 is 4.90 Å². The maximum atomic E-state index is 5.56. The molecule has 26 heavy (non-hydrogen) atoms. The molecule has 0 radical (unpaired) electrons. The van der Waals surface area contributed by atoms with Gasteiger partial charge in [0, 0.05) is 24.9 Å².